The summed E-state index contributed by atoms with van der Waals surface area (Å²) in [5.41, 5.74) is 8.71. The molecule has 0 aliphatic carbocycles. The number of nitrogens with one attached hydrogen (secondary N) is 2. The number of aromatic hydroxyl groups is 1. The number of amides is 3. The molecule has 34 heavy (non-hydrogen) atoms. The number of likely N-dealkylation sites (tertiary alicyclic amines) is 1. The van der Waals surface area contributed by atoms with E-state index in [1.54, 1.807) is 34.6 Å². The lowest BCUT2D eigenvalue weighted by molar-refractivity contribution is -0.139. The maximum Gasteiger partial charge on any atom is 0.243 e. The van der Waals surface area contributed by atoms with Gasteiger partial charge in [0.2, 0.25) is 17.7 Å². The van der Waals surface area contributed by atoms with E-state index in [1.807, 2.05) is 23.5 Å². The number of rotatable bonds is 10. The molecule has 2 aliphatic rings. The lowest BCUT2D eigenvalue weighted by Gasteiger charge is -2.27. The number of nitrogens with two attached hydrogens (primary N) is 1. The summed E-state index contributed by atoms with van der Waals surface area (Å²) in [6, 6.07) is 5.29. The van der Waals surface area contributed by atoms with Crippen LogP contribution in [-0.2, 0) is 20.8 Å². The number of benzene rings is 1. The SMILES string of the molecule is Cl.N[C@@H](Cc1ccc(O)cc1)C(=O)N1CC2(C[C@H]1C(=O)NCCCCCC(=O)NO)SCCS2. The third-order valence-corrected chi connectivity index (χ3v) is 9.33. The molecule has 2 atom stereocenters. The summed E-state index contributed by atoms with van der Waals surface area (Å²) in [4.78, 5) is 39.0. The van der Waals surface area contributed by atoms with E-state index in [0.29, 0.717) is 38.8 Å². The lowest BCUT2D eigenvalue weighted by atomic mass is 10.0. The van der Waals surface area contributed by atoms with E-state index in [-0.39, 0.29) is 40.5 Å². The number of phenolic OH excluding ortho intramolecular Hbond substituents is 1. The second-order valence-corrected chi connectivity index (χ2v) is 11.6. The summed E-state index contributed by atoms with van der Waals surface area (Å²) < 4.78 is -0.159. The van der Waals surface area contributed by atoms with Crippen molar-refractivity contribution in [3.8, 4) is 5.75 Å². The fourth-order valence-corrected chi connectivity index (χ4v) is 7.43. The highest BCUT2D eigenvalue weighted by molar-refractivity contribution is 8.21. The molecule has 1 spiro atoms. The Balaban J connectivity index is 0.00000408. The first-order chi connectivity index (χ1) is 15.8. The van der Waals surface area contributed by atoms with Crippen molar-refractivity contribution in [1.29, 1.82) is 0 Å². The predicted octanol–water partition coefficient (Wildman–Crippen LogP) is 1.64. The molecule has 12 heteroatoms. The molecule has 3 rings (SSSR count). The Labute approximate surface area is 214 Å². The molecule has 0 radical (unpaired) electrons. The number of unbranched alkanes of at least 4 members (excludes halogenated alkanes) is 2. The van der Waals surface area contributed by atoms with Crippen LogP contribution in [-0.4, -0.2) is 73.7 Å². The number of carbonyl (C=O) groups is 3. The number of halogens is 1. The van der Waals surface area contributed by atoms with Crippen molar-refractivity contribution in [2.24, 2.45) is 5.73 Å². The van der Waals surface area contributed by atoms with Crippen molar-refractivity contribution in [2.45, 2.75) is 54.7 Å². The lowest BCUT2D eigenvalue weighted by Crippen LogP contribution is -2.52. The van der Waals surface area contributed by atoms with Crippen molar-refractivity contribution < 1.29 is 24.7 Å². The zero-order chi connectivity index (χ0) is 23.8. The minimum Gasteiger partial charge on any atom is -0.508 e. The normalized spacial score (nSPS) is 19.5. The van der Waals surface area contributed by atoms with Gasteiger partial charge in [0.15, 0.2) is 0 Å². The van der Waals surface area contributed by atoms with E-state index in [2.05, 4.69) is 5.32 Å². The van der Waals surface area contributed by atoms with Crippen LogP contribution in [0.2, 0.25) is 0 Å². The van der Waals surface area contributed by atoms with E-state index >= 15 is 0 Å². The fraction of sp³-hybridized carbons (Fsp3) is 0.591. The maximum atomic E-state index is 13.3. The van der Waals surface area contributed by atoms with E-state index in [1.165, 1.54) is 0 Å². The monoisotopic (exact) mass is 532 g/mol. The van der Waals surface area contributed by atoms with Crippen LogP contribution in [0, 0.1) is 0 Å². The van der Waals surface area contributed by atoms with Crippen molar-refractivity contribution in [2.75, 3.05) is 24.6 Å². The summed E-state index contributed by atoms with van der Waals surface area (Å²) in [6.07, 6.45) is 3.25. The van der Waals surface area contributed by atoms with Crippen LogP contribution >= 0.6 is 35.9 Å². The second kappa shape index (κ2) is 13.4. The number of hydrogen-bond acceptors (Lipinski definition) is 8. The highest BCUT2D eigenvalue weighted by Gasteiger charge is 2.51. The molecule has 1 aromatic carbocycles. The van der Waals surface area contributed by atoms with Crippen LogP contribution in [0.25, 0.3) is 0 Å². The fourth-order valence-electron chi connectivity index (χ4n) is 4.17. The molecular formula is C22H33ClN4O5S2. The van der Waals surface area contributed by atoms with E-state index in [4.69, 9.17) is 10.9 Å². The van der Waals surface area contributed by atoms with Gasteiger partial charge in [-0.05, 0) is 37.0 Å². The van der Waals surface area contributed by atoms with Crippen molar-refractivity contribution in [3.05, 3.63) is 29.8 Å². The van der Waals surface area contributed by atoms with Gasteiger partial charge in [-0.15, -0.1) is 35.9 Å². The molecule has 3 amide bonds. The molecule has 0 bridgehead atoms. The Bertz CT molecular complexity index is 839. The van der Waals surface area contributed by atoms with Gasteiger partial charge in [-0.1, -0.05) is 18.6 Å². The Morgan fingerprint density at radius 2 is 1.82 bits per heavy atom. The number of hydroxylamine groups is 1. The van der Waals surface area contributed by atoms with E-state index in [0.717, 1.165) is 23.5 Å². The Morgan fingerprint density at radius 3 is 2.47 bits per heavy atom. The zero-order valence-corrected chi connectivity index (χ0v) is 21.4. The first-order valence-corrected chi connectivity index (χ1v) is 13.1. The number of thioether (sulfide) groups is 2. The van der Waals surface area contributed by atoms with Crippen LogP contribution in [0.5, 0.6) is 5.75 Å². The van der Waals surface area contributed by atoms with Gasteiger partial charge >= 0.3 is 0 Å². The van der Waals surface area contributed by atoms with Gasteiger partial charge < -0.3 is 21.1 Å². The van der Waals surface area contributed by atoms with Gasteiger partial charge in [-0.2, -0.15) is 0 Å². The average molecular weight is 533 g/mol. The molecular weight excluding hydrogens is 500 g/mol. The smallest absolute Gasteiger partial charge is 0.243 e. The first-order valence-electron chi connectivity index (χ1n) is 11.2. The maximum absolute atomic E-state index is 13.3. The first kappa shape index (κ1) is 28.6. The van der Waals surface area contributed by atoms with Gasteiger partial charge in [0, 0.05) is 37.4 Å². The van der Waals surface area contributed by atoms with Crippen LogP contribution < -0.4 is 16.5 Å². The Hall–Kier alpha value is -1.66. The highest BCUT2D eigenvalue weighted by Crippen LogP contribution is 2.51. The summed E-state index contributed by atoms with van der Waals surface area (Å²) in [7, 11) is 0. The number of hydrogen-bond donors (Lipinski definition) is 5. The topological polar surface area (TPSA) is 145 Å². The van der Waals surface area contributed by atoms with Crippen molar-refractivity contribution in [1.82, 2.24) is 15.7 Å². The minimum absolute atomic E-state index is 0. The van der Waals surface area contributed by atoms with E-state index in [9.17, 15) is 19.5 Å². The molecule has 9 nitrogen and oxygen atoms in total. The number of phenols is 1. The molecule has 2 heterocycles. The summed E-state index contributed by atoms with van der Waals surface area (Å²) in [5.74, 6) is 1.34. The molecule has 0 saturated carbocycles. The molecule has 1 aromatic rings. The molecule has 2 aliphatic heterocycles. The molecule has 2 saturated heterocycles. The predicted molar refractivity (Wildman–Crippen MR) is 136 cm³/mol. The van der Waals surface area contributed by atoms with Gasteiger partial charge in [0.1, 0.15) is 11.8 Å². The quantitative estimate of drug-likeness (QED) is 0.174. The highest BCUT2D eigenvalue weighted by atomic mass is 35.5. The largest absolute Gasteiger partial charge is 0.508 e. The van der Waals surface area contributed by atoms with Gasteiger partial charge in [-0.25, -0.2) is 5.48 Å². The summed E-state index contributed by atoms with van der Waals surface area (Å²) in [5, 5.41) is 20.9. The molecule has 2 fully saturated rings. The van der Waals surface area contributed by atoms with Crippen LogP contribution in [0.15, 0.2) is 24.3 Å². The minimum atomic E-state index is -0.769. The van der Waals surface area contributed by atoms with Gasteiger partial charge in [-0.3, -0.25) is 19.6 Å². The van der Waals surface area contributed by atoms with Crippen molar-refractivity contribution >= 4 is 53.7 Å². The average Bonchev–Trinajstić information content (AvgIpc) is 3.43. The molecule has 0 unspecified atom stereocenters. The number of nitrogens with zero attached hydrogens (tertiary/aromatic N) is 1. The third kappa shape index (κ3) is 7.67. The third-order valence-electron chi connectivity index (χ3n) is 5.90. The van der Waals surface area contributed by atoms with Gasteiger partial charge in [0.05, 0.1) is 10.1 Å². The summed E-state index contributed by atoms with van der Waals surface area (Å²) >= 11 is 3.63. The van der Waals surface area contributed by atoms with Crippen molar-refractivity contribution in [3.63, 3.8) is 0 Å². The molecule has 6 N–H and O–H groups in total. The van der Waals surface area contributed by atoms with Crippen LogP contribution in [0.3, 0.4) is 0 Å². The Morgan fingerprint density at radius 1 is 1.15 bits per heavy atom. The Kier molecular flexibility index (Phi) is 11.3. The van der Waals surface area contributed by atoms with Gasteiger partial charge in [0.25, 0.3) is 0 Å². The number of carbonyl (C=O) groups excluding carboxylic acids is 3. The second-order valence-electron chi connectivity index (χ2n) is 8.41. The van der Waals surface area contributed by atoms with Crippen LogP contribution in [0.1, 0.15) is 37.7 Å². The van der Waals surface area contributed by atoms with E-state index < -0.39 is 18.0 Å². The molecule has 190 valence electrons. The molecule has 0 aromatic heterocycles. The van der Waals surface area contributed by atoms with Crippen LogP contribution in [0.4, 0.5) is 0 Å². The zero-order valence-electron chi connectivity index (χ0n) is 18.9. The summed E-state index contributed by atoms with van der Waals surface area (Å²) in [6.45, 7) is 0.962. The standard InChI is InChI=1S/C22H32N4O5S2.ClH/c23-17(12-15-5-7-16(27)8-6-15)21(30)26-14-22(32-10-11-33-22)13-18(26)20(29)24-9-3-1-2-4-19(28)25-31;/h5-8,17-18,27,31H,1-4,9-14,23H2,(H,24,29)(H,25,28);1H/t17-,18-;/m0./s1.